The van der Waals surface area contributed by atoms with Crippen molar-refractivity contribution in [3.63, 3.8) is 0 Å². The third-order valence-electron chi connectivity index (χ3n) is 1.82. The van der Waals surface area contributed by atoms with Crippen LogP contribution in [0.4, 0.5) is 0 Å². The Labute approximate surface area is 115 Å². The monoisotopic (exact) mass is 288 g/mol. The Morgan fingerprint density at radius 3 is 2.20 bits per heavy atom. The van der Waals surface area contributed by atoms with E-state index < -0.39 is 23.9 Å². The summed E-state index contributed by atoms with van der Waals surface area (Å²) in [6, 6.07) is 0. The van der Waals surface area contributed by atoms with Crippen LogP contribution in [0.15, 0.2) is 12.2 Å². The van der Waals surface area contributed by atoms with Crippen LogP contribution in [0.3, 0.4) is 0 Å². The second-order valence-corrected chi connectivity index (χ2v) is 3.41. The molecule has 8 heteroatoms. The predicted octanol–water partition coefficient (Wildman–Crippen LogP) is -0.245. The average molecular weight is 288 g/mol. The Morgan fingerprint density at radius 2 is 1.60 bits per heavy atom. The molecule has 8 nitrogen and oxygen atoms in total. The number of hydrogen-bond acceptors (Lipinski definition) is 8. The third-order valence-corrected chi connectivity index (χ3v) is 1.82. The number of rotatable bonds is 8. The maximum atomic E-state index is 11.1. The SMILES string of the molecule is COCC(=O)OC(=O)CCCOC(=O)/C=C\C(=O)OC. The zero-order valence-electron chi connectivity index (χ0n) is 11.2. The number of methoxy groups -OCH3 is 2. The molecule has 0 unspecified atom stereocenters. The Bertz CT molecular complexity index is 385. The molecule has 112 valence electrons. The molecule has 0 N–H and O–H groups in total. The second-order valence-electron chi connectivity index (χ2n) is 3.41. The fraction of sp³-hybridized carbons (Fsp3) is 0.500. The largest absolute Gasteiger partial charge is 0.466 e. The summed E-state index contributed by atoms with van der Waals surface area (Å²) in [6.07, 6.45) is 1.94. The Hall–Kier alpha value is -2.22. The van der Waals surface area contributed by atoms with E-state index >= 15 is 0 Å². The van der Waals surface area contributed by atoms with E-state index in [1.807, 2.05) is 0 Å². The molecule has 0 heterocycles. The quantitative estimate of drug-likeness (QED) is 0.198. The van der Waals surface area contributed by atoms with Crippen LogP contribution in [-0.4, -0.2) is 51.3 Å². The normalized spacial score (nSPS) is 10.1. The molecule has 0 atom stereocenters. The summed E-state index contributed by atoms with van der Waals surface area (Å²) >= 11 is 0. The molecular formula is C12H16O8. The van der Waals surface area contributed by atoms with E-state index in [4.69, 9.17) is 0 Å². The summed E-state index contributed by atoms with van der Waals surface area (Å²) in [5.74, 6) is -2.93. The van der Waals surface area contributed by atoms with Gasteiger partial charge in [0.2, 0.25) is 0 Å². The topological polar surface area (TPSA) is 105 Å². The van der Waals surface area contributed by atoms with Crippen molar-refractivity contribution in [2.75, 3.05) is 27.4 Å². The highest BCUT2D eigenvalue weighted by Gasteiger charge is 2.10. The van der Waals surface area contributed by atoms with Crippen LogP contribution >= 0.6 is 0 Å². The lowest BCUT2D eigenvalue weighted by Gasteiger charge is -2.03. The molecular weight excluding hydrogens is 272 g/mol. The van der Waals surface area contributed by atoms with Gasteiger partial charge < -0.3 is 18.9 Å². The molecule has 0 aliphatic rings. The van der Waals surface area contributed by atoms with E-state index in [-0.39, 0.29) is 26.1 Å². The fourth-order valence-electron chi connectivity index (χ4n) is 0.967. The summed E-state index contributed by atoms with van der Waals surface area (Å²) in [6.45, 7) is -0.350. The van der Waals surface area contributed by atoms with Gasteiger partial charge in [0, 0.05) is 25.7 Å². The Morgan fingerprint density at radius 1 is 0.950 bits per heavy atom. The van der Waals surface area contributed by atoms with Gasteiger partial charge in [-0.25, -0.2) is 14.4 Å². The Balaban J connectivity index is 3.73. The van der Waals surface area contributed by atoms with Crippen LogP contribution < -0.4 is 0 Å². The lowest BCUT2D eigenvalue weighted by molar-refractivity contribution is -0.162. The van der Waals surface area contributed by atoms with Gasteiger partial charge in [0.05, 0.1) is 13.7 Å². The van der Waals surface area contributed by atoms with Gasteiger partial charge in [0.25, 0.3) is 0 Å². The molecule has 0 aromatic heterocycles. The highest BCUT2D eigenvalue weighted by atomic mass is 16.6. The van der Waals surface area contributed by atoms with E-state index in [1.54, 1.807) is 0 Å². The molecule has 0 aliphatic heterocycles. The van der Waals surface area contributed by atoms with Crippen LogP contribution in [0.5, 0.6) is 0 Å². The zero-order valence-corrected chi connectivity index (χ0v) is 11.2. The van der Waals surface area contributed by atoms with Crippen LogP contribution in [0, 0.1) is 0 Å². The van der Waals surface area contributed by atoms with Gasteiger partial charge in [-0.05, 0) is 6.42 Å². The van der Waals surface area contributed by atoms with Crippen LogP contribution in [0.25, 0.3) is 0 Å². The van der Waals surface area contributed by atoms with Gasteiger partial charge in [-0.2, -0.15) is 0 Å². The van der Waals surface area contributed by atoms with Crippen molar-refractivity contribution < 1.29 is 38.1 Å². The van der Waals surface area contributed by atoms with Crippen molar-refractivity contribution in [2.45, 2.75) is 12.8 Å². The summed E-state index contributed by atoms with van der Waals surface area (Å²) in [5.41, 5.74) is 0. The van der Waals surface area contributed by atoms with E-state index in [9.17, 15) is 19.2 Å². The Kier molecular flexibility index (Phi) is 9.49. The van der Waals surface area contributed by atoms with Crippen molar-refractivity contribution in [3.8, 4) is 0 Å². The van der Waals surface area contributed by atoms with Crippen molar-refractivity contribution in [1.29, 1.82) is 0 Å². The van der Waals surface area contributed by atoms with Crippen molar-refractivity contribution >= 4 is 23.9 Å². The van der Waals surface area contributed by atoms with Crippen LogP contribution in [0.1, 0.15) is 12.8 Å². The maximum Gasteiger partial charge on any atom is 0.339 e. The maximum absolute atomic E-state index is 11.1. The van der Waals surface area contributed by atoms with E-state index in [0.29, 0.717) is 0 Å². The fourth-order valence-corrected chi connectivity index (χ4v) is 0.967. The summed E-state index contributed by atoms with van der Waals surface area (Å²) in [4.78, 5) is 43.7. The lowest BCUT2D eigenvalue weighted by atomic mass is 10.3. The minimum atomic E-state index is -0.782. The van der Waals surface area contributed by atoms with E-state index in [1.165, 1.54) is 14.2 Å². The molecule has 0 bridgehead atoms. The van der Waals surface area contributed by atoms with E-state index in [0.717, 1.165) is 12.2 Å². The van der Waals surface area contributed by atoms with Gasteiger partial charge in [0.1, 0.15) is 6.61 Å². The van der Waals surface area contributed by atoms with Crippen molar-refractivity contribution in [2.24, 2.45) is 0 Å². The van der Waals surface area contributed by atoms with Crippen LogP contribution in [0.2, 0.25) is 0 Å². The summed E-state index contributed by atoms with van der Waals surface area (Å²) in [7, 11) is 2.47. The average Bonchev–Trinajstić information content (AvgIpc) is 2.41. The molecule has 0 saturated heterocycles. The van der Waals surface area contributed by atoms with Gasteiger partial charge >= 0.3 is 23.9 Å². The molecule has 0 aromatic rings. The number of carbonyl (C=O) groups excluding carboxylic acids is 4. The van der Waals surface area contributed by atoms with Gasteiger partial charge in [-0.15, -0.1) is 0 Å². The standard InChI is InChI=1S/C12H16O8/c1-17-8-12(16)20-11(15)4-3-7-19-10(14)6-5-9(13)18-2/h5-6H,3-4,7-8H2,1-2H3/b6-5-. The first-order chi connectivity index (χ1) is 9.49. The predicted molar refractivity (Wildman–Crippen MR) is 64.3 cm³/mol. The van der Waals surface area contributed by atoms with E-state index in [2.05, 4.69) is 18.9 Å². The molecule has 0 spiro atoms. The highest BCUT2D eigenvalue weighted by Crippen LogP contribution is 1.96. The lowest BCUT2D eigenvalue weighted by Crippen LogP contribution is -2.17. The molecule has 0 aliphatic carbocycles. The molecule has 0 radical (unpaired) electrons. The van der Waals surface area contributed by atoms with Gasteiger partial charge in [0.15, 0.2) is 0 Å². The molecule has 0 amide bonds. The first-order valence-electron chi connectivity index (χ1n) is 5.64. The molecule has 20 heavy (non-hydrogen) atoms. The smallest absolute Gasteiger partial charge is 0.339 e. The second kappa shape index (κ2) is 10.7. The summed E-state index contributed by atoms with van der Waals surface area (Å²) in [5, 5.41) is 0. The number of carbonyl (C=O) groups is 4. The third kappa shape index (κ3) is 9.77. The molecule has 0 aromatic carbocycles. The minimum absolute atomic E-state index is 0.0437. The van der Waals surface area contributed by atoms with Gasteiger partial charge in [-0.1, -0.05) is 0 Å². The first kappa shape index (κ1) is 17.8. The number of ether oxygens (including phenoxy) is 4. The van der Waals surface area contributed by atoms with Crippen molar-refractivity contribution in [1.82, 2.24) is 0 Å². The zero-order chi connectivity index (χ0) is 15.4. The van der Waals surface area contributed by atoms with Crippen LogP contribution in [-0.2, 0) is 38.1 Å². The van der Waals surface area contributed by atoms with Gasteiger partial charge in [-0.3, -0.25) is 4.79 Å². The molecule has 0 fully saturated rings. The molecule has 0 saturated carbocycles. The number of esters is 4. The highest BCUT2D eigenvalue weighted by molar-refractivity contribution is 5.91. The van der Waals surface area contributed by atoms with Crippen molar-refractivity contribution in [3.05, 3.63) is 12.2 Å². The first-order valence-corrected chi connectivity index (χ1v) is 5.64. The summed E-state index contributed by atoms with van der Waals surface area (Å²) < 4.78 is 17.8. The minimum Gasteiger partial charge on any atom is -0.466 e. The number of hydrogen-bond donors (Lipinski definition) is 0. The molecule has 0 rings (SSSR count).